The number of aromatic amines is 1. The largest absolute Gasteiger partial charge is 0.358 e. The van der Waals surface area contributed by atoms with Crippen LogP contribution in [0.25, 0.3) is 0 Å². The molecule has 0 aromatic carbocycles. The molecule has 5 heteroatoms. The van der Waals surface area contributed by atoms with Crippen LogP contribution in [-0.4, -0.2) is 9.91 Å². The van der Waals surface area contributed by atoms with E-state index < -0.39 is 4.92 Å². The summed E-state index contributed by atoms with van der Waals surface area (Å²) >= 11 is 5.50. The molecule has 1 heterocycles. The van der Waals surface area contributed by atoms with Crippen molar-refractivity contribution in [1.29, 1.82) is 0 Å². The van der Waals surface area contributed by atoms with E-state index in [9.17, 15) is 10.1 Å². The van der Waals surface area contributed by atoms with Gasteiger partial charge in [-0.15, -0.1) is 11.6 Å². The van der Waals surface area contributed by atoms with Crippen molar-refractivity contribution >= 4 is 17.4 Å². The molecule has 0 atom stereocenters. The molecule has 0 spiro atoms. The molecule has 0 bridgehead atoms. The highest BCUT2D eigenvalue weighted by Crippen LogP contribution is 2.16. The molecule has 60 valence electrons. The first kappa shape index (κ1) is 8.07. The fourth-order valence-corrected chi connectivity index (χ4v) is 1.10. The lowest BCUT2D eigenvalue weighted by Gasteiger charge is -1.86. The Morgan fingerprint density at radius 1 is 1.82 bits per heavy atom. The maximum Gasteiger partial charge on any atom is 0.321 e. The van der Waals surface area contributed by atoms with Crippen LogP contribution in [0, 0.1) is 17.0 Å². The molecule has 0 unspecified atom stereocenters. The Labute approximate surface area is 68.3 Å². The first-order valence-electron chi connectivity index (χ1n) is 3.04. The molecule has 0 aliphatic rings. The number of hydrogen-bond acceptors (Lipinski definition) is 2. The molecule has 11 heavy (non-hydrogen) atoms. The number of nitrogens with zero attached hydrogens (tertiary/aromatic N) is 1. The molecular formula is C6H7ClN2O2. The van der Waals surface area contributed by atoms with Gasteiger partial charge in [-0.25, -0.2) is 4.98 Å². The molecule has 1 aromatic heterocycles. The molecule has 0 fully saturated rings. The molecule has 4 nitrogen and oxygen atoms in total. The number of H-pyrrole nitrogens is 1. The zero-order valence-corrected chi connectivity index (χ0v) is 6.68. The van der Waals surface area contributed by atoms with E-state index >= 15 is 0 Å². The van der Waals surface area contributed by atoms with Crippen molar-refractivity contribution in [3.63, 3.8) is 0 Å². The number of rotatable bonds is 2. The van der Waals surface area contributed by atoms with E-state index in [4.69, 9.17) is 11.6 Å². The van der Waals surface area contributed by atoms with E-state index in [1.54, 1.807) is 6.92 Å². The zero-order chi connectivity index (χ0) is 8.43. The lowest BCUT2D eigenvalue weighted by molar-refractivity contribution is -0.389. The number of hydrogen-bond donors (Lipinski definition) is 1. The first-order valence-corrected chi connectivity index (χ1v) is 3.57. The topological polar surface area (TPSA) is 58.9 Å². The summed E-state index contributed by atoms with van der Waals surface area (Å²) in [5.74, 6) is 0.276. The highest BCUT2D eigenvalue weighted by atomic mass is 35.5. The lowest BCUT2D eigenvalue weighted by atomic mass is 10.3. The van der Waals surface area contributed by atoms with Gasteiger partial charge in [0.25, 0.3) is 0 Å². The summed E-state index contributed by atoms with van der Waals surface area (Å²) in [6.45, 7) is 1.78. The quantitative estimate of drug-likeness (QED) is 0.423. The second-order valence-electron chi connectivity index (χ2n) is 2.21. The summed E-state index contributed by atoms with van der Waals surface area (Å²) in [6, 6.07) is 1.47. The van der Waals surface area contributed by atoms with Crippen molar-refractivity contribution in [2.45, 2.75) is 12.8 Å². The van der Waals surface area contributed by atoms with Crippen molar-refractivity contribution < 1.29 is 4.92 Å². The predicted octanol–water partition coefficient (Wildman–Crippen LogP) is 1.97. The number of nitro groups is 1. The van der Waals surface area contributed by atoms with Gasteiger partial charge in [0, 0.05) is 11.6 Å². The third kappa shape index (κ3) is 1.51. The van der Waals surface area contributed by atoms with Gasteiger partial charge in [-0.2, -0.15) is 0 Å². The van der Waals surface area contributed by atoms with Gasteiger partial charge in [0.1, 0.15) is 5.69 Å². The Bertz CT molecular complexity index is 282. The van der Waals surface area contributed by atoms with Crippen LogP contribution in [0.4, 0.5) is 5.82 Å². The van der Waals surface area contributed by atoms with Crippen molar-refractivity contribution in [2.24, 2.45) is 0 Å². The van der Waals surface area contributed by atoms with Crippen LogP contribution in [0.3, 0.4) is 0 Å². The number of aromatic nitrogens is 1. The molecule has 1 N–H and O–H groups in total. The molecule has 1 aromatic rings. The Morgan fingerprint density at radius 2 is 2.45 bits per heavy atom. The van der Waals surface area contributed by atoms with Gasteiger partial charge in [-0.05, 0) is 11.8 Å². The normalized spacial score (nSPS) is 10.0. The van der Waals surface area contributed by atoms with Gasteiger partial charge in [-0.1, -0.05) is 0 Å². The highest BCUT2D eigenvalue weighted by molar-refractivity contribution is 6.17. The summed E-state index contributed by atoms with van der Waals surface area (Å²) < 4.78 is 0. The van der Waals surface area contributed by atoms with Crippen molar-refractivity contribution in [3.8, 4) is 0 Å². The SMILES string of the molecule is Cc1cc([N+](=O)[O-])[nH]c1CCl. The second-order valence-corrected chi connectivity index (χ2v) is 2.47. The summed E-state index contributed by atoms with van der Waals surface area (Å²) in [5, 5.41) is 10.2. The molecule has 1 rings (SSSR count). The third-order valence-electron chi connectivity index (χ3n) is 1.44. The van der Waals surface area contributed by atoms with E-state index in [0.717, 1.165) is 5.56 Å². The Hall–Kier alpha value is -1.03. The van der Waals surface area contributed by atoms with E-state index in [2.05, 4.69) is 4.98 Å². The minimum atomic E-state index is -0.469. The summed E-state index contributed by atoms with van der Waals surface area (Å²) in [5.41, 5.74) is 1.53. The van der Waals surface area contributed by atoms with Crippen LogP contribution in [0.1, 0.15) is 11.3 Å². The Morgan fingerprint density at radius 3 is 2.73 bits per heavy atom. The second kappa shape index (κ2) is 2.92. The van der Waals surface area contributed by atoms with Crippen LogP contribution in [0.15, 0.2) is 6.07 Å². The smallest absolute Gasteiger partial charge is 0.321 e. The van der Waals surface area contributed by atoms with Crippen molar-refractivity contribution in [1.82, 2.24) is 4.98 Å². The molecule has 0 radical (unpaired) electrons. The van der Waals surface area contributed by atoms with Gasteiger partial charge in [-0.3, -0.25) is 0 Å². The Balaban J connectivity index is 3.05. The first-order chi connectivity index (χ1) is 5.15. The molecular weight excluding hydrogens is 168 g/mol. The summed E-state index contributed by atoms with van der Waals surface area (Å²) in [6.07, 6.45) is 0. The maximum atomic E-state index is 10.2. The maximum absolute atomic E-state index is 10.2. The van der Waals surface area contributed by atoms with E-state index in [1.807, 2.05) is 0 Å². The molecule has 0 aliphatic carbocycles. The average molecular weight is 175 g/mol. The Kier molecular flexibility index (Phi) is 2.14. The van der Waals surface area contributed by atoms with E-state index in [1.165, 1.54) is 6.07 Å². The van der Waals surface area contributed by atoms with Crippen LogP contribution in [0.2, 0.25) is 0 Å². The van der Waals surface area contributed by atoms with Crippen molar-refractivity contribution in [3.05, 3.63) is 27.4 Å². The van der Waals surface area contributed by atoms with Gasteiger partial charge < -0.3 is 10.1 Å². The standard InChI is InChI=1S/C6H7ClN2O2/c1-4-2-6(9(10)11)8-5(4)3-7/h2,8H,3H2,1H3. The lowest BCUT2D eigenvalue weighted by Crippen LogP contribution is -1.87. The zero-order valence-electron chi connectivity index (χ0n) is 5.93. The molecule has 0 saturated heterocycles. The number of alkyl halides is 1. The fourth-order valence-electron chi connectivity index (χ4n) is 0.819. The highest BCUT2D eigenvalue weighted by Gasteiger charge is 2.11. The predicted molar refractivity (Wildman–Crippen MR) is 41.7 cm³/mol. The monoisotopic (exact) mass is 174 g/mol. The number of nitrogens with one attached hydrogen (secondary N) is 1. The van der Waals surface area contributed by atoms with Gasteiger partial charge in [0.05, 0.1) is 5.88 Å². The van der Waals surface area contributed by atoms with Gasteiger partial charge >= 0.3 is 5.82 Å². The van der Waals surface area contributed by atoms with E-state index in [0.29, 0.717) is 5.69 Å². The minimum Gasteiger partial charge on any atom is -0.358 e. The van der Waals surface area contributed by atoms with E-state index in [-0.39, 0.29) is 11.7 Å². The summed E-state index contributed by atoms with van der Waals surface area (Å²) in [4.78, 5) is 12.3. The average Bonchev–Trinajstić information content (AvgIpc) is 2.31. The van der Waals surface area contributed by atoms with Crippen LogP contribution in [0.5, 0.6) is 0 Å². The molecule has 0 amide bonds. The fraction of sp³-hybridized carbons (Fsp3) is 0.333. The van der Waals surface area contributed by atoms with Gasteiger partial charge in [0.2, 0.25) is 0 Å². The minimum absolute atomic E-state index is 0.00171. The van der Waals surface area contributed by atoms with Crippen LogP contribution < -0.4 is 0 Å². The van der Waals surface area contributed by atoms with Crippen molar-refractivity contribution in [2.75, 3.05) is 0 Å². The number of halogens is 1. The number of aryl methyl sites for hydroxylation is 1. The van der Waals surface area contributed by atoms with Crippen LogP contribution >= 0.6 is 11.6 Å². The summed E-state index contributed by atoms with van der Waals surface area (Å²) in [7, 11) is 0. The third-order valence-corrected chi connectivity index (χ3v) is 1.71. The molecule has 0 aliphatic heterocycles. The van der Waals surface area contributed by atoms with Crippen LogP contribution in [-0.2, 0) is 5.88 Å². The molecule has 0 saturated carbocycles. The van der Waals surface area contributed by atoms with Gasteiger partial charge in [0.15, 0.2) is 0 Å².